The van der Waals surface area contributed by atoms with Gasteiger partial charge in [-0.2, -0.15) is 0 Å². The Labute approximate surface area is 223 Å². The van der Waals surface area contributed by atoms with Gasteiger partial charge in [0.1, 0.15) is 17.3 Å². The van der Waals surface area contributed by atoms with Crippen molar-refractivity contribution in [2.45, 2.75) is 69.9 Å². The number of rotatable bonds is 5. The van der Waals surface area contributed by atoms with Gasteiger partial charge in [0, 0.05) is 12.3 Å². The molecule has 0 heterocycles. The average Bonchev–Trinajstić information content (AvgIpc) is 2.87. The molecule has 8 heteroatoms. The fourth-order valence-corrected chi connectivity index (χ4v) is 7.74. The van der Waals surface area contributed by atoms with E-state index in [1.807, 2.05) is 6.07 Å². The summed E-state index contributed by atoms with van der Waals surface area (Å²) in [4.78, 5) is 54.8. The molecule has 0 radical (unpaired) electrons. The van der Waals surface area contributed by atoms with Crippen LogP contribution in [0.15, 0.2) is 23.8 Å². The van der Waals surface area contributed by atoms with Crippen LogP contribution in [0.1, 0.15) is 66.9 Å². The number of Topliss-reactive ketones (excluding diaryl/α,β-unsaturated/α-hetero) is 3. The summed E-state index contributed by atoms with van der Waals surface area (Å²) in [6.07, 6.45) is 7.90. The molecule has 2 saturated carbocycles. The zero-order valence-corrected chi connectivity index (χ0v) is 22.4. The van der Waals surface area contributed by atoms with Crippen molar-refractivity contribution in [1.82, 2.24) is 4.90 Å². The smallest absolute Gasteiger partial charge is 0.228 e. The van der Waals surface area contributed by atoms with E-state index >= 15 is 0 Å². The molecule has 0 aromatic heterocycles. The molecule has 4 aliphatic carbocycles. The van der Waals surface area contributed by atoms with Crippen molar-refractivity contribution in [1.29, 1.82) is 0 Å². The summed E-state index contributed by atoms with van der Waals surface area (Å²) >= 11 is 0. The van der Waals surface area contributed by atoms with E-state index in [9.17, 15) is 29.4 Å². The third kappa shape index (κ3) is 4.13. The molecule has 4 N–H and O–H groups in total. The molecule has 4 aliphatic rings. The standard InChI is InChI=1S/C30H38N2O6/c1-15(16-7-5-4-6-8-16)11-17-9-10-22(33)24-19(17)12-18-13-21-25(32(2)3)26(34)20(29(31)37)14-30(21,38)28(36)23(18)27(24)35/h7,9-10,15,18,20-21,23,25,33,38H,4-6,8,11-14H2,1-3H3,(H2,31,37). The van der Waals surface area contributed by atoms with Gasteiger partial charge in [0.15, 0.2) is 17.3 Å². The van der Waals surface area contributed by atoms with Gasteiger partial charge in [-0.15, -0.1) is 0 Å². The monoisotopic (exact) mass is 522 g/mol. The van der Waals surface area contributed by atoms with Crippen LogP contribution in [0.3, 0.4) is 0 Å². The molecule has 204 valence electrons. The molecule has 8 nitrogen and oxygen atoms in total. The van der Waals surface area contributed by atoms with Gasteiger partial charge in [-0.1, -0.05) is 24.6 Å². The van der Waals surface area contributed by atoms with Gasteiger partial charge in [0.2, 0.25) is 5.91 Å². The van der Waals surface area contributed by atoms with Crippen molar-refractivity contribution < 1.29 is 29.4 Å². The second kappa shape index (κ2) is 9.72. The fourth-order valence-electron chi connectivity index (χ4n) is 7.74. The van der Waals surface area contributed by atoms with Crippen LogP contribution in [0.25, 0.3) is 0 Å². The van der Waals surface area contributed by atoms with Gasteiger partial charge in [0.25, 0.3) is 0 Å². The van der Waals surface area contributed by atoms with Crippen molar-refractivity contribution in [2.24, 2.45) is 35.3 Å². The summed E-state index contributed by atoms with van der Waals surface area (Å²) in [5.41, 5.74) is 6.84. The number of aliphatic hydroxyl groups is 1. The number of ketones is 3. The first-order valence-electron chi connectivity index (χ1n) is 13.8. The molecule has 7 unspecified atom stereocenters. The number of nitrogens with two attached hydrogens (primary N) is 1. The number of allylic oxidation sites excluding steroid dienone is 2. The Balaban J connectivity index is 1.53. The number of phenolic OH excluding ortho intramolecular Hbond substituents is 1. The number of hydrogen-bond acceptors (Lipinski definition) is 7. The number of fused-ring (bicyclic) bond motifs is 3. The van der Waals surface area contributed by atoms with Gasteiger partial charge in [-0.3, -0.25) is 24.1 Å². The number of carbonyl (C=O) groups excluding carboxylic acids is 4. The first kappa shape index (κ1) is 26.8. The highest BCUT2D eigenvalue weighted by Gasteiger charge is 2.64. The van der Waals surface area contributed by atoms with Crippen LogP contribution in [-0.4, -0.2) is 64.1 Å². The van der Waals surface area contributed by atoms with Crippen molar-refractivity contribution in [3.8, 4) is 5.75 Å². The minimum absolute atomic E-state index is 0.154. The predicted molar refractivity (Wildman–Crippen MR) is 140 cm³/mol. The number of likely N-dealkylation sites (N-methyl/N-ethyl adjacent to an activating group) is 1. The van der Waals surface area contributed by atoms with Crippen molar-refractivity contribution in [3.63, 3.8) is 0 Å². The number of nitrogens with zero attached hydrogens (tertiary/aromatic N) is 1. The molecule has 0 bridgehead atoms. The summed E-state index contributed by atoms with van der Waals surface area (Å²) < 4.78 is 0. The number of hydrogen-bond donors (Lipinski definition) is 3. The number of primary amides is 1. The Morgan fingerprint density at radius 3 is 2.58 bits per heavy atom. The predicted octanol–water partition coefficient (Wildman–Crippen LogP) is 2.37. The van der Waals surface area contributed by atoms with Crippen LogP contribution in [0.4, 0.5) is 0 Å². The van der Waals surface area contributed by atoms with E-state index in [-0.39, 0.29) is 23.5 Å². The minimum atomic E-state index is -2.02. The molecule has 1 aromatic rings. The highest BCUT2D eigenvalue weighted by Crippen LogP contribution is 2.52. The zero-order valence-electron chi connectivity index (χ0n) is 22.4. The summed E-state index contributed by atoms with van der Waals surface area (Å²) in [6.45, 7) is 2.19. The molecule has 5 rings (SSSR count). The lowest BCUT2D eigenvalue weighted by Crippen LogP contribution is -2.69. The topological polar surface area (TPSA) is 138 Å². The quantitative estimate of drug-likeness (QED) is 0.399. The minimum Gasteiger partial charge on any atom is -0.507 e. The lowest BCUT2D eigenvalue weighted by Gasteiger charge is -2.53. The number of carbonyl (C=O) groups is 4. The second-order valence-corrected chi connectivity index (χ2v) is 12.1. The van der Waals surface area contributed by atoms with Gasteiger partial charge >= 0.3 is 0 Å². The molecule has 0 saturated heterocycles. The van der Waals surface area contributed by atoms with Gasteiger partial charge < -0.3 is 15.9 Å². The lowest BCUT2D eigenvalue weighted by atomic mass is 9.52. The number of phenols is 1. The second-order valence-electron chi connectivity index (χ2n) is 12.1. The van der Waals surface area contributed by atoms with E-state index in [1.165, 1.54) is 24.5 Å². The molecule has 1 aromatic carbocycles. The largest absolute Gasteiger partial charge is 0.507 e. The van der Waals surface area contributed by atoms with Crippen LogP contribution >= 0.6 is 0 Å². The molecule has 0 spiro atoms. The Morgan fingerprint density at radius 2 is 1.95 bits per heavy atom. The highest BCUT2D eigenvalue weighted by atomic mass is 16.3. The molecule has 38 heavy (non-hydrogen) atoms. The van der Waals surface area contributed by atoms with E-state index in [0.29, 0.717) is 12.3 Å². The number of amides is 1. The van der Waals surface area contributed by atoms with Crippen LogP contribution in [-0.2, 0) is 27.2 Å². The Bertz CT molecular complexity index is 1240. The molecular weight excluding hydrogens is 484 g/mol. The fraction of sp³-hybridized carbons (Fsp3) is 0.600. The third-order valence-corrected chi connectivity index (χ3v) is 9.65. The van der Waals surface area contributed by atoms with Gasteiger partial charge in [-0.25, -0.2) is 0 Å². The summed E-state index contributed by atoms with van der Waals surface area (Å²) in [7, 11) is 3.36. The van der Waals surface area contributed by atoms with Crippen molar-refractivity contribution in [2.75, 3.05) is 14.1 Å². The maximum atomic E-state index is 13.9. The molecule has 1 amide bonds. The van der Waals surface area contributed by atoms with Crippen molar-refractivity contribution >= 4 is 23.3 Å². The van der Waals surface area contributed by atoms with E-state index < -0.39 is 59.2 Å². The van der Waals surface area contributed by atoms with E-state index in [4.69, 9.17) is 5.73 Å². The van der Waals surface area contributed by atoms with Crippen LogP contribution in [0, 0.1) is 29.6 Å². The van der Waals surface area contributed by atoms with Crippen LogP contribution in [0.2, 0.25) is 0 Å². The number of benzene rings is 1. The SMILES string of the molecule is CC(Cc1ccc(O)c2c1CC1CC3C(N(C)C)C(=O)C(C(N)=O)CC3(O)C(=O)C1C2=O)C1=CCCCC1. The summed E-state index contributed by atoms with van der Waals surface area (Å²) in [6, 6.07) is 2.55. The molecule has 2 fully saturated rings. The third-order valence-electron chi connectivity index (χ3n) is 9.65. The Kier molecular flexibility index (Phi) is 6.84. The maximum Gasteiger partial charge on any atom is 0.228 e. The van der Waals surface area contributed by atoms with Crippen LogP contribution in [0.5, 0.6) is 5.75 Å². The van der Waals surface area contributed by atoms with E-state index in [2.05, 4.69) is 13.0 Å². The Hall–Kier alpha value is -2.84. The average molecular weight is 523 g/mol. The molecule has 7 atom stereocenters. The van der Waals surface area contributed by atoms with Gasteiger partial charge in [-0.05, 0) is 88.1 Å². The maximum absolute atomic E-state index is 13.9. The molecule has 0 aliphatic heterocycles. The normalized spacial score (nSPS) is 33.8. The lowest BCUT2D eigenvalue weighted by molar-refractivity contribution is -0.176. The first-order valence-corrected chi connectivity index (χ1v) is 13.8. The number of aromatic hydroxyl groups is 1. The summed E-state index contributed by atoms with van der Waals surface area (Å²) in [5.74, 6) is -5.86. The highest BCUT2D eigenvalue weighted by molar-refractivity contribution is 6.17. The Morgan fingerprint density at radius 1 is 1.21 bits per heavy atom. The van der Waals surface area contributed by atoms with Gasteiger partial charge in [0.05, 0.1) is 17.5 Å². The molecular formula is C30H38N2O6. The van der Waals surface area contributed by atoms with Crippen LogP contribution < -0.4 is 5.73 Å². The zero-order chi connectivity index (χ0) is 27.5. The first-order chi connectivity index (χ1) is 18.0. The summed E-state index contributed by atoms with van der Waals surface area (Å²) in [5, 5.41) is 22.5. The van der Waals surface area contributed by atoms with E-state index in [1.54, 1.807) is 19.0 Å². The van der Waals surface area contributed by atoms with E-state index in [0.717, 1.165) is 30.4 Å². The van der Waals surface area contributed by atoms with Crippen molar-refractivity contribution in [3.05, 3.63) is 40.5 Å².